The zero-order valence-corrected chi connectivity index (χ0v) is 13.4. The predicted octanol–water partition coefficient (Wildman–Crippen LogP) is 2.41. The van der Waals surface area contributed by atoms with Gasteiger partial charge in [-0.1, -0.05) is 11.6 Å². The smallest absolute Gasteiger partial charge is 0.324 e. The molecular formula is C11H16ClNO4S2. The van der Waals surface area contributed by atoms with Crippen LogP contribution in [0.3, 0.4) is 0 Å². The molecule has 1 atom stereocenters. The number of halogens is 1. The summed E-state index contributed by atoms with van der Waals surface area (Å²) < 4.78 is 31.7. The fraction of sp³-hybridized carbons (Fsp3) is 0.545. The highest BCUT2D eigenvalue weighted by Gasteiger charge is 2.27. The minimum atomic E-state index is -3.76. The molecule has 0 amide bonds. The van der Waals surface area contributed by atoms with Crippen molar-refractivity contribution >= 4 is 38.9 Å². The maximum Gasteiger partial charge on any atom is 0.324 e. The molecule has 0 bridgehead atoms. The number of nitrogens with one attached hydrogen (secondary N) is 1. The van der Waals surface area contributed by atoms with Gasteiger partial charge >= 0.3 is 5.97 Å². The van der Waals surface area contributed by atoms with E-state index < -0.39 is 27.6 Å². The third-order valence-electron chi connectivity index (χ3n) is 1.91. The Kier molecular flexibility index (Phi) is 5.00. The second-order valence-corrected chi connectivity index (χ2v) is 8.59. The summed E-state index contributed by atoms with van der Waals surface area (Å²) in [7, 11) is -3.76. The Bertz CT molecular complexity index is 559. The molecule has 0 aromatic carbocycles. The molecular weight excluding hydrogens is 310 g/mol. The molecule has 1 N–H and O–H groups in total. The molecule has 0 saturated carbocycles. The van der Waals surface area contributed by atoms with E-state index in [1.807, 2.05) is 0 Å². The fourth-order valence-corrected chi connectivity index (χ4v) is 3.86. The fourth-order valence-electron chi connectivity index (χ4n) is 1.17. The lowest BCUT2D eigenvalue weighted by Gasteiger charge is -2.22. The molecule has 0 aliphatic rings. The average molecular weight is 326 g/mol. The Morgan fingerprint density at radius 2 is 2.00 bits per heavy atom. The molecule has 8 heteroatoms. The van der Waals surface area contributed by atoms with E-state index in [0.29, 0.717) is 4.34 Å². The second-order valence-electron chi connectivity index (χ2n) is 4.93. The number of sulfonamides is 1. The molecule has 0 aliphatic carbocycles. The van der Waals surface area contributed by atoms with Crippen molar-refractivity contribution in [3.05, 3.63) is 16.5 Å². The van der Waals surface area contributed by atoms with Crippen LogP contribution in [-0.2, 0) is 19.6 Å². The zero-order valence-electron chi connectivity index (χ0n) is 11.1. The van der Waals surface area contributed by atoms with Crippen LogP contribution in [0.15, 0.2) is 16.3 Å². The molecule has 1 aromatic rings. The van der Waals surface area contributed by atoms with Crippen molar-refractivity contribution in [2.75, 3.05) is 0 Å². The van der Waals surface area contributed by atoms with Crippen LogP contribution in [0.4, 0.5) is 0 Å². The Morgan fingerprint density at radius 3 is 2.42 bits per heavy atom. The molecule has 5 nitrogen and oxygen atoms in total. The Labute approximate surface area is 122 Å². The van der Waals surface area contributed by atoms with E-state index in [-0.39, 0.29) is 4.21 Å². The van der Waals surface area contributed by atoms with Crippen LogP contribution < -0.4 is 4.72 Å². The summed E-state index contributed by atoms with van der Waals surface area (Å²) >= 11 is 6.61. The van der Waals surface area contributed by atoms with Crippen molar-refractivity contribution in [1.29, 1.82) is 0 Å². The van der Waals surface area contributed by atoms with Crippen molar-refractivity contribution in [1.82, 2.24) is 4.72 Å². The van der Waals surface area contributed by atoms with Crippen LogP contribution in [0, 0.1) is 0 Å². The van der Waals surface area contributed by atoms with Crippen molar-refractivity contribution in [3.63, 3.8) is 0 Å². The normalized spacial score (nSPS) is 14.2. The highest BCUT2D eigenvalue weighted by molar-refractivity contribution is 7.91. The summed E-state index contributed by atoms with van der Waals surface area (Å²) in [4.78, 5) is 11.7. The molecule has 1 aromatic heterocycles. The van der Waals surface area contributed by atoms with Gasteiger partial charge in [0.2, 0.25) is 0 Å². The van der Waals surface area contributed by atoms with Crippen molar-refractivity contribution in [3.8, 4) is 0 Å². The number of hydrogen-bond donors (Lipinski definition) is 1. The van der Waals surface area contributed by atoms with E-state index in [0.717, 1.165) is 11.3 Å². The van der Waals surface area contributed by atoms with E-state index in [9.17, 15) is 13.2 Å². The quantitative estimate of drug-likeness (QED) is 0.863. The number of hydrogen-bond acceptors (Lipinski definition) is 5. The van der Waals surface area contributed by atoms with E-state index in [1.54, 1.807) is 20.8 Å². The summed E-state index contributed by atoms with van der Waals surface area (Å²) in [6.07, 6.45) is 0. The first-order chi connectivity index (χ1) is 8.51. The van der Waals surface area contributed by atoms with Crippen LogP contribution in [0.1, 0.15) is 27.7 Å². The third kappa shape index (κ3) is 5.10. The maximum absolute atomic E-state index is 12.0. The highest BCUT2D eigenvalue weighted by atomic mass is 35.5. The van der Waals surface area contributed by atoms with Gasteiger partial charge in [-0.2, -0.15) is 4.72 Å². The second kappa shape index (κ2) is 5.78. The van der Waals surface area contributed by atoms with Gasteiger partial charge < -0.3 is 4.74 Å². The Balaban J connectivity index is 2.76. The Morgan fingerprint density at radius 1 is 1.42 bits per heavy atom. The zero-order chi connectivity index (χ0) is 14.8. The molecule has 0 unspecified atom stereocenters. The summed E-state index contributed by atoms with van der Waals surface area (Å²) in [5.41, 5.74) is -0.664. The molecule has 0 aliphatic heterocycles. The number of thiophene rings is 1. The largest absolute Gasteiger partial charge is 0.459 e. The maximum atomic E-state index is 12.0. The van der Waals surface area contributed by atoms with Crippen LogP contribution in [0.25, 0.3) is 0 Å². The van der Waals surface area contributed by atoms with Crippen LogP contribution in [0.5, 0.6) is 0 Å². The topological polar surface area (TPSA) is 72.5 Å². The van der Waals surface area contributed by atoms with E-state index in [4.69, 9.17) is 16.3 Å². The van der Waals surface area contributed by atoms with E-state index >= 15 is 0 Å². The monoisotopic (exact) mass is 325 g/mol. The number of rotatable bonds is 4. The van der Waals surface area contributed by atoms with E-state index in [1.165, 1.54) is 19.1 Å². The number of carbonyl (C=O) groups excluding carboxylic acids is 1. The van der Waals surface area contributed by atoms with Gasteiger partial charge in [0.1, 0.15) is 15.9 Å². The number of carbonyl (C=O) groups is 1. The standard InChI is InChI=1S/C11H16ClNO4S2/c1-7(10(14)17-11(2,3)4)13-19(15,16)9-6-5-8(12)18-9/h5-7,13H,1-4H3/t7-/m0/s1. The summed E-state index contributed by atoms with van der Waals surface area (Å²) in [6, 6.07) is 1.90. The SMILES string of the molecule is C[C@H](NS(=O)(=O)c1ccc(Cl)s1)C(=O)OC(C)(C)C. The lowest BCUT2D eigenvalue weighted by molar-refractivity contribution is -0.156. The van der Waals surface area contributed by atoms with Gasteiger partial charge in [0.05, 0.1) is 4.34 Å². The van der Waals surface area contributed by atoms with E-state index in [2.05, 4.69) is 4.72 Å². The summed E-state index contributed by atoms with van der Waals surface area (Å²) in [5, 5.41) is 0. The van der Waals surface area contributed by atoms with Gasteiger partial charge in [0.15, 0.2) is 0 Å². The highest BCUT2D eigenvalue weighted by Crippen LogP contribution is 2.25. The van der Waals surface area contributed by atoms with Gasteiger partial charge in [-0.3, -0.25) is 4.79 Å². The average Bonchev–Trinajstić information content (AvgIpc) is 2.62. The minimum absolute atomic E-state index is 0.0629. The molecule has 0 radical (unpaired) electrons. The van der Waals surface area contributed by atoms with Gasteiger partial charge in [-0.25, -0.2) is 8.42 Å². The van der Waals surface area contributed by atoms with Gasteiger partial charge in [-0.05, 0) is 39.8 Å². The van der Waals surface area contributed by atoms with Gasteiger partial charge in [0.25, 0.3) is 10.0 Å². The number of ether oxygens (including phenoxy) is 1. The molecule has 0 spiro atoms. The molecule has 1 heterocycles. The molecule has 19 heavy (non-hydrogen) atoms. The van der Waals surface area contributed by atoms with Gasteiger partial charge in [0, 0.05) is 0 Å². The molecule has 1 rings (SSSR count). The summed E-state index contributed by atoms with van der Waals surface area (Å²) in [6.45, 7) is 6.57. The number of esters is 1. The van der Waals surface area contributed by atoms with Crippen LogP contribution >= 0.6 is 22.9 Å². The van der Waals surface area contributed by atoms with Crippen molar-refractivity contribution in [2.45, 2.75) is 43.5 Å². The third-order valence-corrected chi connectivity index (χ3v) is 5.17. The Hall–Kier alpha value is -0.630. The summed E-state index contributed by atoms with van der Waals surface area (Å²) in [5.74, 6) is -0.626. The van der Waals surface area contributed by atoms with Crippen LogP contribution in [-0.4, -0.2) is 26.0 Å². The minimum Gasteiger partial charge on any atom is -0.459 e. The van der Waals surface area contributed by atoms with Crippen molar-refractivity contribution in [2.24, 2.45) is 0 Å². The van der Waals surface area contributed by atoms with Crippen molar-refractivity contribution < 1.29 is 17.9 Å². The van der Waals surface area contributed by atoms with Gasteiger partial charge in [-0.15, -0.1) is 11.3 Å². The first-order valence-corrected chi connectivity index (χ1v) is 8.19. The lowest BCUT2D eigenvalue weighted by Crippen LogP contribution is -2.41. The predicted molar refractivity (Wildman–Crippen MR) is 75.0 cm³/mol. The molecule has 108 valence electrons. The first kappa shape index (κ1) is 16.4. The molecule has 0 saturated heterocycles. The molecule has 0 fully saturated rings. The lowest BCUT2D eigenvalue weighted by atomic mass is 10.2. The first-order valence-electron chi connectivity index (χ1n) is 5.52. The van der Waals surface area contributed by atoms with Crippen LogP contribution in [0.2, 0.25) is 4.34 Å².